The third-order valence-electron chi connectivity index (χ3n) is 2.43. The Morgan fingerprint density at radius 3 is 3.00 bits per heavy atom. The van der Waals surface area contributed by atoms with E-state index in [4.69, 9.17) is 0 Å². The molecule has 82 valence electrons. The van der Waals surface area contributed by atoms with Crippen molar-refractivity contribution in [3.8, 4) is 0 Å². The van der Waals surface area contributed by atoms with Crippen molar-refractivity contribution >= 4 is 32.2 Å². The number of fused-ring (bicyclic) bond motifs is 1. The van der Waals surface area contributed by atoms with Crippen molar-refractivity contribution in [2.75, 3.05) is 0 Å². The number of halogens is 1. The minimum absolute atomic E-state index is 0.594. The summed E-state index contributed by atoms with van der Waals surface area (Å²) in [5, 5.41) is 2.07. The van der Waals surface area contributed by atoms with E-state index in [0.29, 0.717) is 10.7 Å². The first-order chi connectivity index (χ1) is 7.15. The molecule has 0 radical (unpaired) electrons. The molecule has 2 rings (SSSR count). The van der Waals surface area contributed by atoms with Crippen molar-refractivity contribution in [3.63, 3.8) is 0 Å². The molecule has 2 unspecified atom stereocenters. The highest BCUT2D eigenvalue weighted by Gasteiger charge is 2.10. The zero-order valence-electron chi connectivity index (χ0n) is 8.98. The first kappa shape index (κ1) is 11.1. The van der Waals surface area contributed by atoms with E-state index < -0.39 is 0 Å². The summed E-state index contributed by atoms with van der Waals surface area (Å²) < 4.78 is 2.10. The molecule has 0 saturated carbocycles. The van der Waals surface area contributed by atoms with Crippen LogP contribution in [0.15, 0.2) is 17.8 Å². The molecule has 0 saturated heterocycles. The largest absolute Gasteiger partial charge is 0.297 e. The van der Waals surface area contributed by atoms with Gasteiger partial charge in [-0.05, 0) is 18.8 Å². The van der Waals surface area contributed by atoms with Gasteiger partial charge in [0.1, 0.15) is 0 Å². The van der Waals surface area contributed by atoms with Crippen molar-refractivity contribution < 1.29 is 0 Å². The van der Waals surface area contributed by atoms with Gasteiger partial charge in [0.05, 0.1) is 5.69 Å². The van der Waals surface area contributed by atoms with Gasteiger partial charge in [-0.2, -0.15) is 0 Å². The fraction of sp³-hybridized carbons (Fsp3) is 0.545. The molecule has 0 aliphatic heterocycles. The molecule has 4 heteroatoms. The van der Waals surface area contributed by atoms with Gasteiger partial charge in [-0.15, -0.1) is 11.3 Å². The maximum absolute atomic E-state index is 4.59. The van der Waals surface area contributed by atoms with Gasteiger partial charge < -0.3 is 0 Å². The van der Waals surface area contributed by atoms with Crippen LogP contribution in [-0.4, -0.2) is 14.2 Å². The summed E-state index contributed by atoms with van der Waals surface area (Å²) in [7, 11) is 0. The molecule has 0 aliphatic carbocycles. The van der Waals surface area contributed by atoms with Crippen LogP contribution in [0.4, 0.5) is 0 Å². The molecule has 2 atom stereocenters. The Balaban J connectivity index is 2.02. The Morgan fingerprint density at radius 1 is 1.53 bits per heavy atom. The normalized spacial score (nSPS) is 15.7. The van der Waals surface area contributed by atoms with E-state index in [1.165, 1.54) is 12.1 Å². The van der Waals surface area contributed by atoms with E-state index in [-0.39, 0.29) is 0 Å². The van der Waals surface area contributed by atoms with Gasteiger partial charge in [0.15, 0.2) is 4.96 Å². The van der Waals surface area contributed by atoms with Crippen molar-refractivity contribution in [3.05, 3.63) is 23.5 Å². The molecule has 2 heterocycles. The van der Waals surface area contributed by atoms with E-state index >= 15 is 0 Å². The number of rotatable bonds is 4. The van der Waals surface area contributed by atoms with Crippen LogP contribution in [0, 0.1) is 5.92 Å². The second-order valence-corrected chi connectivity index (χ2v) is 6.59. The van der Waals surface area contributed by atoms with Gasteiger partial charge in [-0.3, -0.25) is 4.40 Å². The van der Waals surface area contributed by atoms with Crippen LogP contribution in [0.25, 0.3) is 4.96 Å². The lowest BCUT2D eigenvalue weighted by molar-refractivity contribution is 0.528. The summed E-state index contributed by atoms with van der Waals surface area (Å²) in [5.74, 6) is 0.684. The third kappa shape index (κ3) is 2.82. The van der Waals surface area contributed by atoms with Gasteiger partial charge in [0.25, 0.3) is 0 Å². The van der Waals surface area contributed by atoms with Crippen LogP contribution >= 0.6 is 27.3 Å². The van der Waals surface area contributed by atoms with E-state index in [1.54, 1.807) is 11.3 Å². The summed E-state index contributed by atoms with van der Waals surface area (Å²) in [5.41, 5.74) is 1.21. The highest BCUT2D eigenvalue weighted by atomic mass is 79.9. The molecule has 0 fully saturated rings. The molecule has 15 heavy (non-hydrogen) atoms. The number of aromatic nitrogens is 2. The maximum Gasteiger partial charge on any atom is 0.193 e. The van der Waals surface area contributed by atoms with E-state index in [2.05, 4.69) is 56.9 Å². The van der Waals surface area contributed by atoms with Crippen LogP contribution in [0.5, 0.6) is 0 Å². The molecule has 0 N–H and O–H groups in total. The first-order valence-electron chi connectivity index (χ1n) is 5.20. The highest BCUT2D eigenvalue weighted by Crippen LogP contribution is 2.18. The maximum atomic E-state index is 4.59. The second-order valence-electron chi connectivity index (χ2n) is 4.15. The fourth-order valence-electron chi connectivity index (χ4n) is 1.87. The number of hydrogen-bond acceptors (Lipinski definition) is 2. The van der Waals surface area contributed by atoms with Gasteiger partial charge in [0, 0.05) is 22.6 Å². The van der Waals surface area contributed by atoms with Gasteiger partial charge >= 0.3 is 0 Å². The topological polar surface area (TPSA) is 17.3 Å². The number of nitrogens with zero attached hydrogens (tertiary/aromatic N) is 2. The molecule has 0 amide bonds. The van der Waals surface area contributed by atoms with Crippen LogP contribution in [0.1, 0.15) is 26.0 Å². The summed E-state index contributed by atoms with van der Waals surface area (Å²) in [6.07, 6.45) is 6.48. The van der Waals surface area contributed by atoms with Crippen molar-refractivity contribution in [2.24, 2.45) is 5.92 Å². The lowest BCUT2D eigenvalue weighted by atomic mass is 10.0. The second kappa shape index (κ2) is 4.66. The zero-order chi connectivity index (χ0) is 10.8. The van der Waals surface area contributed by atoms with Crippen LogP contribution in [0.2, 0.25) is 0 Å². The van der Waals surface area contributed by atoms with Crippen molar-refractivity contribution in [2.45, 2.75) is 31.5 Å². The highest BCUT2D eigenvalue weighted by molar-refractivity contribution is 9.09. The molecule has 0 spiro atoms. The SMILES string of the molecule is CC(Br)CC(C)Cc1cn2ccsc2n1. The van der Waals surface area contributed by atoms with Crippen molar-refractivity contribution in [1.29, 1.82) is 0 Å². The minimum atomic E-state index is 0.594. The summed E-state index contributed by atoms with van der Waals surface area (Å²) in [6, 6.07) is 0. The Kier molecular flexibility index (Phi) is 3.46. The molecule has 2 nitrogen and oxygen atoms in total. The number of thiazole rings is 1. The molecule has 0 bridgehead atoms. The van der Waals surface area contributed by atoms with E-state index in [0.717, 1.165) is 11.4 Å². The zero-order valence-corrected chi connectivity index (χ0v) is 11.4. The molecule has 0 aromatic carbocycles. The number of alkyl halides is 1. The predicted octanol–water partition coefficient (Wildman–Crippen LogP) is 3.75. The minimum Gasteiger partial charge on any atom is -0.297 e. The van der Waals surface area contributed by atoms with Gasteiger partial charge in [0.2, 0.25) is 0 Å². The average Bonchev–Trinajstić information content (AvgIpc) is 2.60. The first-order valence-corrected chi connectivity index (χ1v) is 7.00. The fourth-order valence-corrected chi connectivity index (χ4v) is 3.23. The van der Waals surface area contributed by atoms with Gasteiger partial charge in [-0.1, -0.05) is 29.8 Å². The Labute approximate surface area is 102 Å². The number of hydrogen-bond donors (Lipinski definition) is 0. The van der Waals surface area contributed by atoms with Crippen LogP contribution in [0.3, 0.4) is 0 Å². The van der Waals surface area contributed by atoms with Crippen LogP contribution < -0.4 is 0 Å². The van der Waals surface area contributed by atoms with E-state index in [9.17, 15) is 0 Å². The summed E-state index contributed by atoms with van der Waals surface area (Å²) >= 11 is 5.28. The smallest absolute Gasteiger partial charge is 0.193 e. The predicted molar refractivity (Wildman–Crippen MR) is 68.9 cm³/mol. The molecule has 0 aliphatic rings. The Hall–Kier alpha value is -0.350. The van der Waals surface area contributed by atoms with E-state index in [1.807, 2.05) is 0 Å². The average molecular weight is 287 g/mol. The number of imidazole rings is 1. The molecular weight excluding hydrogens is 272 g/mol. The molecule has 2 aromatic rings. The lowest BCUT2D eigenvalue weighted by Gasteiger charge is -2.10. The third-order valence-corrected chi connectivity index (χ3v) is 3.57. The van der Waals surface area contributed by atoms with Crippen LogP contribution in [-0.2, 0) is 6.42 Å². The van der Waals surface area contributed by atoms with Gasteiger partial charge in [-0.25, -0.2) is 4.98 Å². The monoisotopic (exact) mass is 286 g/mol. The Bertz CT molecular complexity index is 404. The molecular formula is C11H15BrN2S. The summed E-state index contributed by atoms with van der Waals surface area (Å²) in [4.78, 5) is 6.28. The Morgan fingerprint density at radius 2 is 2.33 bits per heavy atom. The lowest BCUT2D eigenvalue weighted by Crippen LogP contribution is -2.05. The standard InChI is InChI=1S/C11H15BrN2S/c1-8(5-9(2)12)6-10-7-14-3-4-15-11(14)13-10/h3-4,7-9H,5-6H2,1-2H3. The summed E-state index contributed by atoms with van der Waals surface area (Å²) in [6.45, 7) is 4.48. The molecule has 2 aromatic heterocycles. The quantitative estimate of drug-likeness (QED) is 0.783. The van der Waals surface area contributed by atoms with Crippen molar-refractivity contribution in [1.82, 2.24) is 9.38 Å².